The monoisotopic (exact) mass is 235 g/mol. The Labute approximate surface area is 101 Å². The Morgan fingerprint density at radius 1 is 1.41 bits per heavy atom. The molecule has 1 aromatic heterocycles. The highest BCUT2D eigenvalue weighted by Gasteiger charge is 2.32. The largest absolute Gasteiger partial charge is 0.362 e. The second-order valence-corrected chi connectivity index (χ2v) is 5.21. The highest BCUT2D eigenvalue weighted by Crippen LogP contribution is 2.34. The summed E-state index contributed by atoms with van der Waals surface area (Å²) in [6.07, 6.45) is 2.10. The van der Waals surface area contributed by atoms with Gasteiger partial charge in [-0.15, -0.1) is 0 Å². The molecule has 0 bridgehead atoms. The number of likely N-dealkylation sites (N-methyl/N-ethyl adjacent to an activating group) is 1. The summed E-state index contributed by atoms with van der Waals surface area (Å²) < 4.78 is 14.0. The number of fused-ring (bicyclic) bond motifs is 3. The average molecular weight is 235 g/mol. The van der Waals surface area contributed by atoms with Crippen LogP contribution in [0.25, 0.3) is 0 Å². The van der Waals surface area contributed by atoms with Crippen molar-refractivity contribution < 1.29 is 4.39 Å². The molecule has 0 amide bonds. The Balaban J connectivity index is 2.01. The summed E-state index contributed by atoms with van der Waals surface area (Å²) in [6, 6.07) is 2.49. The number of halogens is 1. The molecule has 0 spiro atoms. The predicted octanol–water partition coefficient (Wildman–Crippen LogP) is 1.60. The molecule has 0 saturated carbocycles. The molecule has 17 heavy (non-hydrogen) atoms. The molecule has 92 valence electrons. The molecule has 3 heterocycles. The van der Waals surface area contributed by atoms with Gasteiger partial charge < -0.3 is 9.80 Å². The van der Waals surface area contributed by atoms with Gasteiger partial charge in [0.15, 0.2) is 0 Å². The second kappa shape index (κ2) is 3.95. The number of rotatable bonds is 0. The van der Waals surface area contributed by atoms with E-state index >= 15 is 0 Å². The normalized spacial score (nSPS) is 24.4. The van der Waals surface area contributed by atoms with Crippen molar-refractivity contribution >= 4 is 5.69 Å². The fourth-order valence-electron chi connectivity index (χ4n) is 3.06. The summed E-state index contributed by atoms with van der Waals surface area (Å²) in [5.41, 5.74) is 2.68. The zero-order valence-corrected chi connectivity index (χ0v) is 10.4. The van der Waals surface area contributed by atoms with Gasteiger partial charge in [0.25, 0.3) is 0 Å². The van der Waals surface area contributed by atoms with Crippen LogP contribution in [-0.2, 0) is 6.42 Å². The molecule has 1 aromatic rings. The summed E-state index contributed by atoms with van der Waals surface area (Å²) in [4.78, 5) is 8.52. The first-order valence-corrected chi connectivity index (χ1v) is 6.26. The first kappa shape index (κ1) is 11.0. The number of hydrogen-bond acceptors (Lipinski definition) is 3. The van der Waals surface area contributed by atoms with Gasteiger partial charge in [-0.2, -0.15) is 4.39 Å². The minimum absolute atomic E-state index is 0.283. The molecule has 0 radical (unpaired) electrons. The SMILES string of the molecule is Cc1cc2c(c(F)n1)N1CCN(C)CC1CC2. The number of aromatic nitrogens is 1. The van der Waals surface area contributed by atoms with Crippen LogP contribution in [0.4, 0.5) is 10.1 Å². The Kier molecular flexibility index (Phi) is 2.54. The van der Waals surface area contributed by atoms with Crippen LogP contribution in [0, 0.1) is 12.9 Å². The Morgan fingerprint density at radius 2 is 2.24 bits per heavy atom. The maximum atomic E-state index is 14.0. The van der Waals surface area contributed by atoms with Crippen molar-refractivity contribution in [3.8, 4) is 0 Å². The van der Waals surface area contributed by atoms with Crippen molar-refractivity contribution in [2.24, 2.45) is 0 Å². The number of pyridine rings is 1. The van der Waals surface area contributed by atoms with E-state index in [2.05, 4.69) is 21.8 Å². The quantitative estimate of drug-likeness (QED) is 0.637. The van der Waals surface area contributed by atoms with Gasteiger partial charge in [0, 0.05) is 31.4 Å². The molecule has 1 fully saturated rings. The van der Waals surface area contributed by atoms with Gasteiger partial charge in [-0.1, -0.05) is 0 Å². The zero-order valence-electron chi connectivity index (χ0n) is 10.4. The average Bonchev–Trinajstić information content (AvgIpc) is 2.28. The van der Waals surface area contributed by atoms with E-state index in [-0.39, 0.29) is 5.95 Å². The number of hydrogen-bond donors (Lipinski definition) is 0. The van der Waals surface area contributed by atoms with Gasteiger partial charge in [0.05, 0.1) is 5.69 Å². The van der Waals surface area contributed by atoms with Gasteiger partial charge in [0.2, 0.25) is 5.95 Å². The molecule has 1 unspecified atom stereocenters. The van der Waals surface area contributed by atoms with E-state index in [1.54, 1.807) is 0 Å². The van der Waals surface area contributed by atoms with E-state index in [1.807, 2.05) is 13.0 Å². The van der Waals surface area contributed by atoms with Crippen LogP contribution in [0.5, 0.6) is 0 Å². The fraction of sp³-hybridized carbons (Fsp3) is 0.615. The zero-order chi connectivity index (χ0) is 12.0. The Morgan fingerprint density at radius 3 is 3.06 bits per heavy atom. The lowest BCUT2D eigenvalue weighted by molar-refractivity contribution is 0.254. The van der Waals surface area contributed by atoms with Gasteiger partial charge in [0.1, 0.15) is 0 Å². The van der Waals surface area contributed by atoms with E-state index in [0.717, 1.165) is 49.4 Å². The Bertz CT molecular complexity index is 447. The molecule has 2 aliphatic rings. The van der Waals surface area contributed by atoms with Crippen molar-refractivity contribution in [1.82, 2.24) is 9.88 Å². The minimum Gasteiger partial charge on any atom is -0.362 e. The highest BCUT2D eigenvalue weighted by atomic mass is 19.1. The smallest absolute Gasteiger partial charge is 0.236 e. The van der Waals surface area contributed by atoms with Gasteiger partial charge >= 0.3 is 0 Å². The molecule has 0 N–H and O–H groups in total. The van der Waals surface area contributed by atoms with Crippen LogP contribution in [0.15, 0.2) is 6.07 Å². The third-order valence-electron chi connectivity index (χ3n) is 3.88. The number of aryl methyl sites for hydroxylation is 2. The van der Waals surface area contributed by atoms with Gasteiger partial charge in [-0.05, 0) is 38.4 Å². The van der Waals surface area contributed by atoms with Crippen LogP contribution in [0.1, 0.15) is 17.7 Å². The Hall–Kier alpha value is -1.16. The second-order valence-electron chi connectivity index (χ2n) is 5.21. The first-order chi connectivity index (χ1) is 8.15. The molecule has 0 aromatic carbocycles. The molecule has 3 rings (SSSR count). The van der Waals surface area contributed by atoms with Crippen molar-refractivity contribution in [3.05, 3.63) is 23.3 Å². The lowest BCUT2D eigenvalue weighted by Crippen LogP contribution is -2.54. The topological polar surface area (TPSA) is 19.4 Å². The standard InChI is InChI=1S/C13H18FN3/c1-9-7-10-3-4-11-8-16(2)5-6-17(11)12(10)13(14)15-9/h7,11H,3-6,8H2,1-2H3. The van der Waals surface area contributed by atoms with Crippen LogP contribution < -0.4 is 4.90 Å². The molecule has 4 heteroatoms. The van der Waals surface area contributed by atoms with Crippen LogP contribution in [0.3, 0.4) is 0 Å². The molecule has 0 aliphatic carbocycles. The van der Waals surface area contributed by atoms with Crippen molar-refractivity contribution in [3.63, 3.8) is 0 Å². The van der Waals surface area contributed by atoms with Crippen LogP contribution >= 0.6 is 0 Å². The number of anilines is 1. The van der Waals surface area contributed by atoms with Crippen LogP contribution in [0.2, 0.25) is 0 Å². The summed E-state index contributed by atoms with van der Waals surface area (Å²) in [6.45, 7) is 4.81. The first-order valence-electron chi connectivity index (χ1n) is 6.26. The van der Waals surface area contributed by atoms with Gasteiger partial charge in [-0.25, -0.2) is 4.98 Å². The molecule has 2 aliphatic heterocycles. The van der Waals surface area contributed by atoms with Crippen molar-refractivity contribution in [2.45, 2.75) is 25.8 Å². The molecular formula is C13H18FN3. The third kappa shape index (κ3) is 1.80. The summed E-state index contributed by atoms with van der Waals surface area (Å²) in [7, 11) is 2.14. The summed E-state index contributed by atoms with van der Waals surface area (Å²) in [5.74, 6) is -0.283. The lowest BCUT2D eigenvalue weighted by atomic mass is 9.94. The van der Waals surface area contributed by atoms with E-state index in [9.17, 15) is 4.39 Å². The van der Waals surface area contributed by atoms with Crippen molar-refractivity contribution in [1.29, 1.82) is 0 Å². The van der Waals surface area contributed by atoms with E-state index in [4.69, 9.17) is 0 Å². The summed E-state index contributed by atoms with van der Waals surface area (Å²) in [5, 5.41) is 0. The van der Waals surface area contributed by atoms with E-state index in [1.165, 1.54) is 0 Å². The lowest BCUT2D eigenvalue weighted by Gasteiger charge is -2.45. The highest BCUT2D eigenvalue weighted by molar-refractivity contribution is 5.57. The molecule has 1 saturated heterocycles. The number of piperazine rings is 1. The number of nitrogens with zero attached hydrogens (tertiary/aromatic N) is 3. The maximum Gasteiger partial charge on any atom is 0.236 e. The fourth-order valence-corrected chi connectivity index (χ4v) is 3.06. The van der Waals surface area contributed by atoms with Crippen molar-refractivity contribution in [2.75, 3.05) is 31.6 Å². The third-order valence-corrected chi connectivity index (χ3v) is 3.88. The molecular weight excluding hydrogens is 217 g/mol. The maximum absolute atomic E-state index is 14.0. The van der Waals surface area contributed by atoms with Crippen LogP contribution in [-0.4, -0.2) is 42.6 Å². The summed E-state index contributed by atoms with van der Waals surface area (Å²) >= 11 is 0. The molecule has 1 atom stereocenters. The van der Waals surface area contributed by atoms with E-state index < -0.39 is 0 Å². The minimum atomic E-state index is -0.283. The molecule has 3 nitrogen and oxygen atoms in total. The van der Waals surface area contributed by atoms with Gasteiger partial charge in [-0.3, -0.25) is 0 Å². The van der Waals surface area contributed by atoms with E-state index in [0.29, 0.717) is 6.04 Å². The predicted molar refractivity (Wildman–Crippen MR) is 65.9 cm³/mol.